The first kappa shape index (κ1) is 27.6. The van der Waals surface area contributed by atoms with E-state index in [2.05, 4.69) is 5.32 Å². The van der Waals surface area contributed by atoms with Gasteiger partial charge in [0.05, 0.1) is 36.2 Å². The lowest BCUT2D eigenvalue weighted by molar-refractivity contribution is -0.139. The van der Waals surface area contributed by atoms with Crippen LogP contribution in [0, 0.1) is 0 Å². The highest BCUT2D eigenvalue weighted by molar-refractivity contribution is 7.92. The fourth-order valence-corrected chi connectivity index (χ4v) is 4.38. The predicted molar refractivity (Wildman–Crippen MR) is 132 cm³/mol. The van der Waals surface area contributed by atoms with Gasteiger partial charge in [0.25, 0.3) is 0 Å². The molecule has 1 atom stereocenters. The van der Waals surface area contributed by atoms with Gasteiger partial charge in [-0.3, -0.25) is 13.9 Å². The van der Waals surface area contributed by atoms with Crippen LogP contribution in [0.3, 0.4) is 0 Å². The lowest BCUT2D eigenvalue weighted by atomic mass is 10.1. The highest BCUT2D eigenvalue weighted by atomic mass is 35.5. The second kappa shape index (κ2) is 11.6. The highest BCUT2D eigenvalue weighted by Crippen LogP contribution is 2.34. The molecule has 0 aliphatic carbocycles. The fourth-order valence-electron chi connectivity index (χ4n) is 3.21. The number of benzene rings is 2. The lowest BCUT2D eigenvalue weighted by Crippen LogP contribution is -2.50. The molecule has 2 aromatic rings. The van der Waals surface area contributed by atoms with Crippen LogP contribution < -0.4 is 19.1 Å². The van der Waals surface area contributed by atoms with Gasteiger partial charge in [-0.25, -0.2) is 8.42 Å². The summed E-state index contributed by atoms with van der Waals surface area (Å²) in [4.78, 5) is 27.1. The average Bonchev–Trinajstić information content (AvgIpc) is 2.80. The number of amides is 2. The number of hydrogen-bond donors (Lipinski definition) is 1. The van der Waals surface area contributed by atoms with Gasteiger partial charge in [0, 0.05) is 19.7 Å². The quantitative estimate of drug-likeness (QED) is 0.505. The van der Waals surface area contributed by atoms with E-state index in [1.165, 1.54) is 38.3 Å². The van der Waals surface area contributed by atoms with E-state index in [4.69, 9.17) is 32.7 Å². The Morgan fingerprint density at radius 1 is 1.06 bits per heavy atom. The molecule has 12 heteroatoms. The van der Waals surface area contributed by atoms with E-state index in [0.717, 1.165) is 10.6 Å². The summed E-state index contributed by atoms with van der Waals surface area (Å²) >= 11 is 12.1. The molecule has 186 valence electrons. The summed E-state index contributed by atoms with van der Waals surface area (Å²) in [5.74, 6) is -0.423. The number of sulfonamides is 1. The zero-order chi connectivity index (χ0) is 25.6. The SMILES string of the molecule is CNC(=O)[C@H](C)N(Cc1ccc(Cl)c(Cl)c1)C(=O)CN(c1cc(OC)ccc1OC)S(C)(=O)=O. The van der Waals surface area contributed by atoms with Crippen LogP contribution in [0.15, 0.2) is 36.4 Å². The van der Waals surface area contributed by atoms with Crippen LogP contribution in [0.4, 0.5) is 5.69 Å². The van der Waals surface area contributed by atoms with E-state index >= 15 is 0 Å². The van der Waals surface area contributed by atoms with Crippen molar-refractivity contribution < 1.29 is 27.5 Å². The van der Waals surface area contributed by atoms with Gasteiger partial charge in [0.1, 0.15) is 24.1 Å². The fraction of sp³-hybridized carbons (Fsp3) is 0.364. The van der Waals surface area contributed by atoms with Crippen LogP contribution in [-0.2, 0) is 26.2 Å². The number of anilines is 1. The molecule has 1 N–H and O–H groups in total. The van der Waals surface area contributed by atoms with E-state index in [0.29, 0.717) is 16.3 Å². The number of nitrogens with zero attached hydrogens (tertiary/aromatic N) is 2. The molecule has 2 rings (SSSR count). The standard InChI is InChI=1S/C22H27Cl2N3O6S/c1-14(22(29)25-2)26(12-15-6-8-17(23)18(24)10-15)21(28)13-27(34(5,30)31)19-11-16(32-3)7-9-20(19)33-4/h6-11,14H,12-13H2,1-5H3,(H,25,29)/t14-/m0/s1. The first-order valence-corrected chi connectivity index (χ1v) is 12.7. The molecule has 0 aliphatic heterocycles. The van der Waals surface area contributed by atoms with Crippen molar-refractivity contribution in [2.45, 2.75) is 19.5 Å². The van der Waals surface area contributed by atoms with Crippen molar-refractivity contribution in [3.8, 4) is 11.5 Å². The second-order valence-electron chi connectivity index (χ2n) is 7.37. The van der Waals surface area contributed by atoms with Crippen molar-refractivity contribution in [1.29, 1.82) is 0 Å². The molecular weight excluding hydrogens is 505 g/mol. The highest BCUT2D eigenvalue weighted by Gasteiger charge is 2.31. The number of carbonyl (C=O) groups is 2. The Bertz CT molecular complexity index is 1160. The van der Waals surface area contributed by atoms with E-state index in [-0.39, 0.29) is 23.0 Å². The third kappa shape index (κ3) is 6.68. The van der Waals surface area contributed by atoms with E-state index < -0.39 is 34.4 Å². The number of ether oxygens (including phenoxy) is 2. The number of nitrogens with one attached hydrogen (secondary N) is 1. The third-order valence-corrected chi connectivity index (χ3v) is 6.95. The lowest BCUT2D eigenvalue weighted by Gasteiger charge is -2.31. The van der Waals surface area contributed by atoms with Crippen LogP contribution >= 0.6 is 23.2 Å². The summed E-state index contributed by atoms with van der Waals surface area (Å²) in [7, 11) is 0.342. The van der Waals surface area contributed by atoms with Crippen LogP contribution in [0.2, 0.25) is 10.0 Å². The Morgan fingerprint density at radius 2 is 1.74 bits per heavy atom. The van der Waals surface area contributed by atoms with E-state index in [1.807, 2.05) is 0 Å². The number of methoxy groups -OCH3 is 2. The first-order valence-electron chi connectivity index (χ1n) is 10.1. The summed E-state index contributed by atoms with van der Waals surface area (Å²) in [6.45, 7) is 0.966. The van der Waals surface area contributed by atoms with Crippen molar-refractivity contribution >= 4 is 50.7 Å². The van der Waals surface area contributed by atoms with Crippen molar-refractivity contribution in [3.63, 3.8) is 0 Å². The number of hydrogen-bond acceptors (Lipinski definition) is 6. The Balaban J connectivity index is 2.49. The van der Waals surface area contributed by atoms with Gasteiger partial charge < -0.3 is 19.7 Å². The second-order valence-corrected chi connectivity index (χ2v) is 10.1. The molecular formula is C22H27Cl2N3O6S. The summed E-state index contributed by atoms with van der Waals surface area (Å²) in [6.07, 6.45) is 0.977. The molecule has 9 nitrogen and oxygen atoms in total. The van der Waals surface area contributed by atoms with E-state index in [9.17, 15) is 18.0 Å². The molecule has 0 saturated carbocycles. The molecule has 34 heavy (non-hydrogen) atoms. The van der Waals surface area contributed by atoms with Crippen LogP contribution in [0.5, 0.6) is 11.5 Å². The molecule has 0 aromatic heterocycles. The van der Waals surface area contributed by atoms with Gasteiger partial charge in [-0.1, -0.05) is 29.3 Å². The van der Waals surface area contributed by atoms with Crippen molar-refractivity contribution in [1.82, 2.24) is 10.2 Å². The summed E-state index contributed by atoms with van der Waals surface area (Å²) < 4.78 is 36.8. The molecule has 0 fully saturated rings. The minimum atomic E-state index is -3.93. The zero-order valence-corrected chi connectivity index (χ0v) is 21.8. The molecule has 2 amide bonds. The predicted octanol–water partition coefficient (Wildman–Crippen LogP) is 2.94. The number of rotatable bonds is 10. The Labute approximate surface area is 209 Å². The molecule has 0 heterocycles. The maximum Gasteiger partial charge on any atom is 0.244 e. The van der Waals surface area contributed by atoms with Gasteiger partial charge in [-0.2, -0.15) is 0 Å². The topological polar surface area (TPSA) is 105 Å². The minimum absolute atomic E-state index is 0.00282. The van der Waals surface area contributed by atoms with Crippen molar-refractivity contribution in [2.75, 3.05) is 38.4 Å². The number of likely N-dealkylation sites (N-methyl/N-ethyl adjacent to an activating group) is 1. The Kier molecular flexibility index (Phi) is 9.43. The Morgan fingerprint density at radius 3 is 2.26 bits per heavy atom. The van der Waals surface area contributed by atoms with Crippen molar-refractivity contribution in [3.05, 3.63) is 52.0 Å². The average molecular weight is 532 g/mol. The minimum Gasteiger partial charge on any atom is -0.497 e. The summed E-state index contributed by atoms with van der Waals surface area (Å²) in [5.41, 5.74) is 0.739. The largest absolute Gasteiger partial charge is 0.497 e. The van der Waals surface area contributed by atoms with Gasteiger partial charge in [-0.05, 0) is 36.8 Å². The van der Waals surface area contributed by atoms with Crippen LogP contribution in [0.25, 0.3) is 0 Å². The smallest absolute Gasteiger partial charge is 0.244 e. The maximum absolute atomic E-state index is 13.5. The molecule has 0 saturated heterocycles. The molecule has 0 aliphatic rings. The zero-order valence-electron chi connectivity index (χ0n) is 19.5. The van der Waals surface area contributed by atoms with Gasteiger partial charge in [0.2, 0.25) is 21.8 Å². The maximum atomic E-state index is 13.5. The van der Waals surface area contributed by atoms with Crippen molar-refractivity contribution in [2.24, 2.45) is 0 Å². The molecule has 0 radical (unpaired) electrons. The summed E-state index contributed by atoms with van der Waals surface area (Å²) in [6, 6.07) is 8.53. The molecule has 0 spiro atoms. The summed E-state index contributed by atoms with van der Waals surface area (Å²) in [5, 5.41) is 3.14. The van der Waals surface area contributed by atoms with Crippen LogP contribution in [0.1, 0.15) is 12.5 Å². The third-order valence-electron chi connectivity index (χ3n) is 5.08. The van der Waals surface area contributed by atoms with Gasteiger partial charge in [-0.15, -0.1) is 0 Å². The molecule has 0 bridgehead atoms. The van der Waals surface area contributed by atoms with Crippen LogP contribution in [-0.4, -0.2) is 65.2 Å². The molecule has 0 unspecified atom stereocenters. The molecule has 2 aromatic carbocycles. The monoisotopic (exact) mass is 531 g/mol. The van der Waals surface area contributed by atoms with Gasteiger partial charge in [0.15, 0.2) is 0 Å². The van der Waals surface area contributed by atoms with Gasteiger partial charge >= 0.3 is 0 Å². The Hall–Kier alpha value is -2.69. The number of carbonyl (C=O) groups excluding carboxylic acids is 2. The number of halogens is 2. The first-order chi connectivity index (χ1) is 15.9. The normalized spacial score (nSPS) is 12.0. The van der Waals surface area contributed by atoms with E-state index in [1.54, 1.807) is 31.2 Å².